The number of nitrogens with one attached hydrogen (secondary N) is 2. The van der Waals surface area contributed by atoms with Gasteiger partial charge in [0.2, 0.25) is 0 Å². The van der Waals surface area contributed by atoms with Crippen molar-refractivity contribution in [2.24, 2.45) is 0 Å². The molecule has 0 radical (unpaired) electrons. The maximum atomic E-state index is 12.5. The maximum Gasteiger partial charge on any atom is 0.315 e. The van der Waals surface area contributed by atoms with Gasteiger partial charge in [-0.2, -0.15) is 0 Å². The van der Waals surface area contributed by atoms with Crippen molar-refractivity contribution in [2.75, 3.05) is 53.7 Å². The molecule has 8 heteroatoms. The van der Waals surface area contributed by atoms with Gasteiger partial charge in [-0.3, -0.25) is 4.90 Å². The summed E-state index contributed by atoms with van der Waals surface area (Å²) in [5, 5.41) is 5.94. The van der Waals surface area contributed by atoms with E-state index in [0.717, 1.165) is 30.0 Å². The van der Waals surface area contributed by atoms with Gasteiger partial charge in [0.15, 0.2) is 11.5 Å². The minimum absolute atomic E-state index is 0.00443. The lowest BCUT2D eigenvalue weighted by Crippen LogP contribution is -2.45. The summed E-state index contributed by atoms with van der Waals surface area (Å²) < 4.78 is 21.9. The molecule has 3 rings (SSSR count). The summed E-state index contributed by atoms with van der Waals surface area (Å²) in [6, 6.07) is 13.4. The lowest BCUT2D eigenvalue weighted by Gasteiger charge is -2.35. The Hall–Kier alpha value is -2.97. The van der Waals surface area contributed by atoms with E-state index in [4.69, 9.17) is 18.9 Å². The first-order valence-electron chi connectivity index (χ1n) is 10.9. The average molecular weight is 444 g/mol. The van der Waals surface area contributed by atoms with Gasteiger partial charge in [-0.05, 0) is 42.3 Å². The fourth-order valence-corrected chi connectivity index (χ4v) is 3.69. The van der Waals surface area contributed by atoms with Crippen LogP contribution in [0.3, 0.4) is 0 Å². The fourth-order valence-electron chi connectivity index (χ4n) is 3.69. The van der Waals surface area contributed by atoms with Gasteiger partial charge in [-0.1, -0.05) is 18.2 Å². The molecule has 1 saturated heterocycles. The van der Waals surface area contributed by atoms with Gasteiger partial charge in [-0.15, -0.1) is 0 Å². The largest absolute Gasteiger partial charge is 0.497 e. The summed E-state index contributed by atoms with van der Waals surface area (Å²) in [4.78, 5) is 14.8. The molecule has 8 nitrogen and oxygen atoms in total. The van der Waals surface area contributed by atoms with Crippen LogP contribution in [0.4, 0.5) is 4.79 Å². The van der Waals surface area contributed by atoms with E-state index in [9.17, 15) is 4.79 Å². The molecule has 1 aliphatic rings. The normalized spacial score (nSPS) is 15.0. The van der Waals surface area contributed by atoms with Gasteiger partial charge in [0, 0.05) is 26.2 Å². The predicted octanol–water partition coefficient (Wildman–Crippen LogP) is 2.98. The Bertz CT molecular complexity index is 853. The zero-order chi connectivity index (χ0) is 22.8. The van der Waals surface area contributed by atoms with Gasteiger partial charge < -0.3 is 29.6 Å². The summed E-state index contributed by atoms with van der Waals surface area (Å²) in [6.07, 6.45) is 0. The smallest absolute Gasteiger partial charge is 0.315 e. The number of urea groups is 1. The molecule has 0 aliphatic carbocycles. The van der Waals surface area contributed by atoms with Gasteiger partial charge in [-0.25, -0.2) is 4.79 Å². The number of ether oxygens (including phenoxy) is 4. The Morgan fingerprint density at radius 3 is 2.44 bits per heavy atom. The molecule has 1 fully saturated rings. The summed E-state index contributed by atoms with van der Waals surface area (Å²) in [7, 11) is 3.27. The molecule has 0 saturated carbocycles. The van der Waals surface area contributed by atoms with Crippen LogP contribution in [0.2, 0.25) is 0 Å². The number of benzene rings is 2. The molecule has 2 aromatic rings. The number of nitrogens with zero attached hydrogens (tertiary/aromatic N) is 1. The van der Waals surface area contributed by atoms with Gasteiger partial charge in [0.05, 0.1) is 40.1 Å². The second kappa shape index (κ2) is 12.2. The maximum absolute atomic E-state index is 12.5. The molecule has 1 atom stereocenters. The first-order chi connectivity index (χ1) is 15.6. The van der Waals surface area contributed by atoms with Crippen LogP contribution in [0.1, 0.15) is 24.1 Å². The van der Waals surface area contributed by atoms with E-state index in [2.05, 4.69) is 15.5 Å². The Morgan fingerprint density at radius 2 is 1.78 bits per heavy atom. The number of morpholine rings is 1. The van der Waals surface area contributed by atoms with Gasteiger partial charge in [0.25, 0.3) is 0 Å². The number of hydrogen-bond acceptors (Lipinski definition) is 6. The van der Waals surface area contributed by atoms with Crippen LogP contribution in [0.5, 0.6) is 17.2 Å². The Kier molecular flexibility index (Phi) is 9.01. The van der Waals surface area contributed by atoms with Crippen LogP contribution in [-0.2, 0) is 11.3 Å². The molecule has 32 heavy (non-hydrogen) atoms. The molecule has 1 aliphatic heterocycles. The van der Waals surface area contributed by atoms with Crippen LogP contribution in [0.15, 0.2) is 42.5 Å². The SMILES string of the molecule is CCOc1ccc([C@@H](CNC(=O)NCc2ccc(OC)cc2)N2CCOCC2)cc1OC. The highest BCUT2D eigenvalue weighted by Crippen LogP contribution is 2.32. The standard InChI is InChI=1S/C24H33N3O5/c1-4-32-22-10-7-19(15-23(22)30-3)21(27-11-13-31-14-12-27)17-26-24(28)25-16-18-5-8-20(29-2)9-6-18/h5-10,15,21H,4,11-14,16-17H2,1-3H3,(H2,25,26,28)/t21-/m1/s1. The average Bonchev–Trinajstić information content (AvgIpc) is 2.84. The molecule has 0 spiro atoms. The van der Waals surface area contributed by atoms with Gasteiger partial charge >= 0.3 is 6.03 Å². The number of rotatable bonds is 10. The van der Waals surface area contributed by atoms with E-state index >= 15 is 0 Å². The molecule has 0 aromatic heterocycles. The van der Waals surface area contributed by atoms with Crippen molar-refractivity contribution < 1.29 is 23.7 Å². The third-order valence-electron chi connectivity index (χ3n) is 5.43. The first kappa shape index (κ1) is 23.7. The molecule has 0 unspecified atom stereocenters. The third kappa shape index (κ3) is 6.51. The summed E-state index contributed by atoms with van der Waals surface area (Å²) in [5.74, 6) is 2.19. The van der Waals surface area contributed by atoms with Crippen molar-refractivity contribution in [3.05, 3.63) is 53.6 Å². The summed E-state index contributed by atoms with van der Waals surface area (Å²) in [6.45, 7) is 6.37. The van der Waals surface area contributed by atoms with Crippen molar-refractivity contribution in [2.45, 2.75) is 19.5 Å². The molecule has 1 heterocycles. The van der Waals surface area contributed by atoms with E-state index < -0.39 is 0 Å². The van der Waals surface area contributed by atoms with Crippen LogP contribution >= 0.6 is 0 Å². The van der Waals surface area contributed by atoms with Gasteiger partial charge in [0.1, 0.15) is 5.75 Å². The van der Waals surface area contributed by atoms with Crippen LogP contribution in [0, 0.1) is 0 Å². The van der Waals surface area contributed by atoms with E-state index in [-0.39, 0.29) is 12.1 Å². The van der Waals surface area contributed by atoms with Crippen LogP contribution < -0.4 is 24.8 Å². The van der Waals surface area contributed by atoms with Crippen molar-refractivity contribution >= 4 is 6.03 Å². The summed E-state index contributed by atoms with van der Waals surface area (Å²) >= 11 is 0. The number of amides is 2. The highest BCUT2D eigenvalue weighted by atomic mass is 16.5. The molecule has 2 amide bonds. The van der Waals surface area contributed by atoms with Crippen molar-refractivity contribution in [3.8, 4) is 17.2 Å². The molecule has 0 bridgehead atoms. The van der Waals surface area contributed by atoms with Crippen molar-refractivity contribution in [3.63, 3.8) is 0 Å². The van der Waals surface area contributed by atoms with E-state index in [0.29, 0.717) is 44.4 Å². The zero-order valence-corrected chi connectivity index (χ0v) is 19.1. The minimum atomic E-state index is -0.211. The van der Waals surface area contributed by atoms with E-state index in [1.54, 1.807) is 14.2 Å². The monoisotopic (exact) mass is 443 g/mol. The number of methoxy groups -OCH3 is 2. The number of hydrogen-bond donors (Lipinski definition) is 2. The van der Waals surface area contributed by atoms with Crippen molar-refractivity contribution in [1.82, 2.24) is 15.5 Å². The predicted molar refractivity (Wildman–Crippen MR) is 123 cm³/mol. The fraction of sp³-hybridized carbons (Fsp3) is 0.458. The second-order valence-electron chi connectivity index (χ2n) is 7.42. The molecular formula is C24H33N3O5. The Balaban J connectivity index is 1.64. The van der Waals surface area contributed by atoms with E-state index in [1.807, 2.05) is 49.4 Å². The minimum Gasteiger partial charge on any atom is -0.497 e. The molecule has 2 N–H and O–H groups in total. The quantitative estimate of drug-likeness (QED) is 0.588. The Morgan fingerprint density at radius 1 is 1.03 bits per heavy atom. The number of carbonyl (C=O) groups excluding carboxylic acids is 1. The first-order valence-corrected chi connectivity index (χ1v) is 10.9. The topological polar surface area (TPSA) is 81.3 Å². The summed E-state index contributed by atoms with van der Waals surface area (Å²) in [5.41, 5.74) is 2.06. The highest BCUT2D eigenvalue weighted by molar-refractivity contribution is 5.73. The van der Waals surface area contributed by atoms with E-state index in [1.165, 1.54) is 0 Å². The zero-order valence-electron chi connectivity index (χ0n) is 19.1. The van der Waals surface area contributed by atoms with Crippen LogP contribution in [0.25, 0.3) is 0 Å². The molecular weight excluding hydrogens is 410 g/mol. The lowest BCUT2D eigenvalue weighted by atomic mass is 10.0. The lowest BCUT2D eigenvalue weighted by molar-refractivity contribution is 0.0166. The molecule has 2 aromatic carbocycles. The molecule has 174 valence electrons. The van der Waals surface area contributed by atoms with Crippen molar-refractivity contribution in [1.29, 1.82) is 0 Å². The Labute approximate surface area is 189 Å². The third-order valence-corrected chi connectivity index (χ3v) is 5.43. The van der Waals surface area contributed by atoms with Crippen LogP contribution in [-0.4, -0.2) is 64.6 Å². The number of carbonyl (C=O) groups is 1. The second-order valence-corrected chi connectivity index (χ2v) is 7.42. The highest BCUT2D eigenvalue weighted by Gasteiger charge is 2.24.